The minimum atomic E-state index is 0. The van der Waals surface area contributed by atoms with Gasteiger partial charge < -0.3 is 27.7 Å². The average molecular weight is 1210 g/mol. The Labute approximate surface area is 476 Å². The summed E-state index contributed by atoms with van der Waals surface area (Å²) in [6.45, 7) is 28.7. The van der Waals surface area contributed by atoms with Gasteiger partial charge in [0, 0.05) is 0 Å². The van der Waals surface area contributed by atoms with Crippen LogP contribution in [0.4, 0.5) is 0 Å². The van der Waals surface area contributed by atoms with Gasteiger partial charge in [-0.2, -0.15) is 52.0 Å². The molecule has 0 unspecified atom stereocenters. The van der Waals surface area contributed by atoms with E-state index in [2.05, 4.69) is 270 Å². The first-order chi connectivity index (χ1) is 32.5. The van der Waals surface area contributed by atoms with E-state index in [1.165, 1.54) is 119 Å². The van der Waals surface area contributed by atoms with Gasteiger partial charge in [-0.25, -0.2) is 0 Å². The van der Waals surface area contributed by atoms with Gasteiger partial charge in [0.1, 0.15) is 0 Å². The predicted octanol–water partition coefficient (Wildman–Crippen LogP) is 19.3. The third-order valence-electron chi connectivity index (χ3n) is 10.1. The summed E-state index contributed by atoms with van der Waals surface area (Å²) in [5.74, 6) is 0. The van der Waals surface area contributed by atoms with Crippen LogP contribution in [0, 0.1) is 41.5 Å². The van der Waals surface area contributed by atoms with Crippen molar-refractivity contribution in [1.82, 2.24) is 0 Å². The van der Waals surface area contributed by atoms with Crippen molar-refractivity contribution in [3.05, 3.63) is 244 Å². The molecule has 6 heteroatoms. The quantitative estimate of drug-likeness (QED) is 0.122. The van der Waals surface area contributed by atoms with Gasteiger partial charge in [0.05, 0.1) is 0 Å². The SMILES string of the molecule is CCc1cc2ccccc2[cH-]1.CCc1cc2ccccc2[cH-]1.Cc1cc2c(-c3ccccc3)cccc2[cH-]1.Cc1cc2c(-c3ccccc3)cccc2[cH-]1.[CH2-]C.[CH2-]C.[CH2-]C.[CH2-]C.[Cl][Ge].[Cl][Ge].[Zr+4].[Zr+4]. The smallest absolute Gasteiger partial charge is 4.00 e. The van der Waals surface area contributed by atoms with E-state index in [4.69, 9.17) is 0 Å². The van der Waals surface area contributed by atoms with E-state index in [1.54, 1.807) is 27.7 Å². The molecule has 0 aliphatic heterocycles. The summed E-state index contributed by atoms with van der Waals surface area (Å²) in [7, 11) is 9.28. The van der Waals surface area contributed by atoms with Crippen LogP contribution in [0.25, 0.3) is 65.3 Å². The first kappa shape index (κ1) is 67.3. The van der Waals surface area contributed by atoms with Gasteiger partial charge in [0.25, 0.3) is 0 Å². The van der Waals surface area contributed by atoms with Gasteiger partial charge >= 0.3 is 104 Å². The van der Waals surface area contributed by atoms with Gasteiger partial charge in [0.2, 0.25) is 0 Å². The van der Waals surface area contributed by atoms with Crippen LogP contribution in [0.5, 0.6) is 0 Å². The number of hydrogen-bond donors (Lipinski definition) is 0. The maximum absolute atomic E-state index is 4.64. The second-order valence-corrected chi connectivity index (χ2v) is 14.1. The molecule has 0 fully saturated rings. The Morgan fingerprint density at radius 1 is 0.368 bits per heavy atom. The summed E-state index contributed by atoms with van der Waals surface area (Å²) in [5, 5.41) is 10.8. The Kier molecular flexibility index (Phi) is 40.4. The van der Waals surface area contributed by atoms with Crippen molar-refractivity contribution in [2.24, 2.45) is 0 Å². The van der Waals surface area contributed by atoms with Gasteiger partial charge in [0.15, 0.2) is 0 Å². The maximum Gasteiger partial charge on any atom is 4.00 e. The van der Waals surface area contributed by atoms with E-state index in [0.29, 0.717) is 0 Å². The zero-order valence-corrected chi connectivity index (χ0v) is 52.1. The molecule has 0 aliphatic rings. The molecule has 0 N–H and O–H groups in total. The largest absolute Gasteiger partial charge is 4.00 e. The summed E-state index contributed by atoms with van der Waals surface area (Å²) in [5.41, 5.74) is 10.8. The fourth-order valence-corrected chi connectivity index (χ4v) is 7.35. The molecule has 6 radical (unpaired) electrons. The van der Waals surface area contributed by atoms with Crippen molar-refractivity contribution in [3.8, 4) is 22.3 Å². The van der Waals surface area contributed by atoms with Crippen LogP contribution in [-0.4, -0.2) is 31.2 Å². The Balaban J connectivity index is 0. The first-order valence-electron chi connectivity index (χ1n) is 22.4. The van der Waals surface area contributed by atoms with E-state index in [1.807, 2.05) is 0 Å². The molecule has 0 saturated carbocycles. The molecule has 0 saturated heterocycles. The summed E-state index contributed by atoms with van der Waals surface area (Å²) in [6.07, 6.45) is 2.27. The number of hydrogen-bond acceptors (Lipinski definition) is 0. The van der Waals surface area contributed by atoms with E-state index in [-0.39, 0.29) is 52.4 Å². The number of benzene rings is 6. The second-order valence-electron chi connectivity index (χ2n) is 14.1. The fourth-order valence-electron chi connectivity index (χ4n) is 7.35. The Bertz CT molecular complexity index is 2470. The normalized spacial score (nSPS) is 9.06. The van der Waals surface area contributed by atoms with Crippen molar-refractivity contribution in [2.45, 2.75) is 68.2 Å². The molecular weight excluding hydrogens is 1140 g/mol. The first-order valence-corrected chi connectivity index (χ1v) is 27.9. The Hall–Kier alpha value is -2.81. The molecule has 68 heavy (non-hydrogen) atoms. The van der Waals surface area contributed by atoms with Gasteiger partial charge in [-0.3, -0.25) is 0 Å². The van der Waals surface area contributed by atoms with Crippen molar-refractivity contribution in [3.63, 3.8) is 0 Å². The molecule has 0 aromatic heterocycles. The molecular formula is C62H68Cl2Ge2Zr2. The Morgan fingerprint density at radius 2 is 0.662 bits per heavy atom. The van der Waals surface area contributed by atoms with E-state index in [9.17, 15) is 0 Å². The van der Waals surface area contributed by atoms with Crippen LogP contribution < -0.4 is 0 Å². The van der Waals surface area contributed by atoms with Crippen molar-refractivity contribution >= 4 is 94.3 Å². The Morgan fingerprint density at radius 3 is 0.971 bits per heavy atom. The summed E-state index contributed by atoms with van der Waals surface area (Å²) < 4.78 is 0. The molecule has 346 valence electrons. The van der Waals surface area contributed by atoms with E-state index < -0.39 is 0 Å². The maximum atomic E-state index is 4.64. The molecule has 0 bridgehead atoms. The molecule has 10 aromatic rings. The summed E-state index contributed by atoms with van der Waals surface area (Å²) in [6, 6.07) is 69.1. The second kappa shape index (κ2) is 40.9. The number of halogens is 2. The average Bonchev–Trinajstić information content (AvgIpc) is 4.22. The van der Waals surface area contributed by atoms with Gasteiger partial charge in [-0.1, -0.05) is 124 Å². The minimum absolute atomic E-state index is 0. The number of fused-ring (bicyclic) bond motifs is 4. The molecule has 0 atom stereocenters. The van der Waals surface area contributed by atoms with Gasteiger partial charge in [-0.05, 0) is 24.0 Å². The molecule has 0 amide bonds. The minimum Gasteiger partial charge on any atom is 4.00 e. The van der Waals surface area contributed by atoms with E-state index >= 15 is 0 Å². The fraction of sp³-hybridized carbons (Fsp3) is 0.161. The van der Waals surface area contributed by atoms with Crippen LogP contribution in [0.1, 0.15) is 63.8 Å². The van der Waals surface area contributed by atoms with E-state index in [0.717, 1.165) is 12.8 Å². The zero-order valence-electron chi connectivity index (χ0n) is 41.5. The van der Waals surface area contributed by atoms with Gasteiger partial charge in [-0.15, -0.1) is 150 Å². The standard InChI is InChI=1S/2C16H13.2C11H11.4C2H5.2ClGe.2Zr/c2*1-12-10-14-8-5-9-15(16(14)11-12)13-6-3-2-4-7-13;2*1-2-9-7-10-5-3-4-6-11(10)8-9;6*1-2;;/h2*2-11H,1H3;2*3-8H,2H2,1H3;4*1H2,2H3;;;;/q8*-1;;;2*+4. The molecule has 10 aromatic carbocycles. The van der Waals surface area contributed by atoms with Crippen LogP contribution in [0.3, 0.4) is 0 Å². The predicted molar refractivity (Wildman–Crippen MR) is 305 cm³/mol. The van der Waals surface area contributed by atoms with Crippen molar-refractivity contribution in [1.29, 1.82) is 0 Å². The van der Waals surface area contributed by atoms with Crippen LogP contribution in [0.15, 0.2) is 194 Å². The molecule has 0 spiro atoms. The molecule has 0 nitrogen and oxygen atoms in total. The third-order valence-corrected chi connectivity index (χ3v) is 10.1. The molecule has 0 heterocycles. The van der Waals surface area contributed by atoms with Crippen molar-refractivity contribution < 1.29 is 52.4 Å². The number of rotatable bonds is 4. The molecule has 10 rings (SSSR count). The zero-order chi connectivity index (χ0) is 49.3. The topological polar surface area (TPSA) is 0 Å². The number of aryl methyl sites for hydroxylation is 4. The summed E-state index contributed by atoms with van der Waals surface area (Å²) in [4.78, 5) is 0. The van der Waals surface area contributed by atoms with Crippen LogP contribution in [0.2, 0.25) is 0 Å². The monoisotopic (exact) mass is 1210 g/mol. The van der Waals surface area contributed by atoms with Crippen molar-refractivity contribution in [2.75, 3.05) is 0 Å². The summed E-state index contributed by atoms with van der Waals surface area (Å²) >= 11 is 2.94. The molecule has 0 aliphatic carbocycles. The van der Waals surface area contributed by atoms with Crippen LogP contribution in [-0.2, 0) is 65.2 Å². The third kappa shape index (κ3) is 21.3. The van der Waals surface area contributed by atoms with Crippen LogP contribution >= 0.6 is 20.0 Å².